The van der Waals surface area contributed by atoms with Gasteiger partial charge in [0.2, 0.25) is 5.91 Å². The van der Waals surface area contributed by atoms with E-state index in [1.165, 1.54) is 17.3 Å². The van der Waals surface area contributed by atoms with Crippen molar-refractivity contribution in [2.45, 2.75) is 31.7 Å². The zero-order valence-corrected chi connectivity index (χ0v) is 19.2. The van der Waals surface area contributed by atoms with Gasteiger partial charge in [-0.05, 0) is 37.2 Å². The largest absolute Gasteiger partial charge is 0.351 e. The number of hydrogen-bond donors (Lipinski definition) is 1. The maximum Gasteiger partial charge on any atom is 0.230 e. The van der Waals surface area contributed by atoms with Crippen molar-refractivity contribution in [2.75, 3.05) is 39.0 Å². The number of carbonyl (C=O) groups excluding carboxylic acids is 1. The smallest absolute Gasteiger partial charge is 0.230 e. The van der Waals surface area contributed by atoms with Gasteiger partial charge in [0.05, 0.1) is 16.8 Å². The monoisotopic (exact) mass is 437 g/mol. The van der Waals surface area contributed by atoms with E-state index in [4.69, 9.17) is 0 Å². The summed E-state index contributed by atoms with van der Waals surface area (Å²) < 4.78 is 2.16. The molecule has 164 valence electrons. The normalized spacial score (nSPS) is 15.4. The number of imidazole rings is 1. The van der Waals surface area contributed by atoms with E-state index in [0.29, 0.717) is 12.3 Å². The van der Waals surface area contributed by atoms with Crippen LogP contribution in [0, 0.1) is 0 Å². The maximum atomic E-state index is 12.4. The fourth-order valence-electron chi connectivity index (χ4n) is 3.88. The minimum absolute atomic E-state index is 0.0289. The number of rotatable bonds is 8. The number of nitrogens with one attached hydrogen (secondary N) is 1. The minimum Gasteiger partial charge on any atom is -0.351 e. The first-order valence-electron chi connectivity index (χ1n) is 11.0. The summed E-state index contributed by atoms with van der Waals surface area (Å²) in [5, 5.41) is 3.93. The Hall–Kier alpha value is -2.35. The topological polar surface area (TPSA) is 53.4 Å². The molecule has 0 radical (unpaired) electrons. The number of likely N-dealkylation sites (N-methyl/N-ethyl adjacent to an activating group) is 1. The summed E-state index contributed by atoms with van der Waals surface area (Å²) in [6, 6.07) is 16.7. The predicted octanol–water partition coefficient (Wildman–Crippen LogP) is 3.21. The number of para-hydroxylation sites is 2. The van der Waals surface area contributed by atoms with Crippen LogP contribution in [-0.2, 0) is 24.4 Å². The molecule has 0 unspecified atom stereocenters. The molecule has 4 rings (SSSR count). The summed E-state index contributed by atoms with van der Waals surface area (Å²) in [6.07, 6.45) is 0. The van der Waals surface area contributed by atoms with E-state index in [0.717, 1.165) is 61.0 Å². The molecule has 1 N–H and O–H groups in total. The van der Waals surface area contributed by atoms with E-state index in [9.17, 15) is 4.79 Å². The molecule has 7 heteroatoms. The van der Waals surface area contributed by atoms with Crippen molar-refractivity contribution < 1.29 is 4.79 Å². The van der Waals surface area contributed by atoms with E-state index >= 15 is 0 Å². The van der Waals surface area contributed by atoms with Gasteiger partial charge in [-0.1, -0.05) is 48.2 Å². The van der Waals surface area contributed by atoms with Gasteiger partial charge in [0.25, 0.3) is 0 Å². The van der Waals surface area contributed by atoms with Crippen molar-refractivity contribution in [3.05, 3.63) is 59.7 Å². The number of benzene rings is 2. The van der Waals surface area contributed by atoms with E-state index in [2.05, 4.69) is 69.0 Å². The van der Waals surface area contributed by atoms with Gasteiger partial charge in [0, 0.05) is 45.8 Å². The van der Waals surface area contributed by atoms with Crippen molar-refractivity contribution in [1.82, 2.24) is 24.7 Å². The number of aryl methyl sites for hydroxylation is 1. The third-order valence-electron chi connectivity index (χ3n) is 5.78. The third kappa shape index (κ3) is 5.67. The lowest BCUT2D eigenvalue weighted by molar-refractivity contribution is -0.118. The van der Waals surface area contributed by atoms with Gasteiger partial charge < -0.3 is 14.8 Å². The van der Waals surface area contributed by atoms with Crippen LogP contribution in [0.5, 0.6) is 0 Å². The summed E-state index contributed by atoms with van der Waals surface area (Å²) in [5.74, 6) is 0.395. The SMILES string of the molecule is CCn1c(SCC(=O)NCc2ccc(CN3CCN(C)CC3)cc2)nc2ccccc21. The van der Waals surface area contributed by atoms with Crippen molar-refractivity contribution in [1.29, 1.82) is 0 Å². The van der Waals surface area contributed by atoms with Crippen molar-refractivity contribution in [3.8, 4) is 0 Å². The van der Waals surface area contributed by atoms with Crippen LogP contribution in [0.15, 0.2) is 53.7 Å². The summed E-state index contributed by atoms with van der Waals surface area (Å²) in [7, 11) is 2.18. The molecule has 1 saturated heterocycles. The molecule has 1 aromatic heterocycles. The van der Waals surface area contributed by atoms with E-state index in [1.807, 2.05) is 18.2 Å². The van der Waals surface area contributed by atoms with Gasteiger partial charge in [-0.2, -0.15) is 0 Å². The zero-order valence-electron chi connectivity index (χ0n) is 18.4. The number of fused-ring (bicyclic) bond motifs is 1. The van der Waals surface area contributed by atoms with Gasteiger partial charge in [0.1, 0.15) is 0 Å². The Morgan fingerprint density at radius 1 is 1.03 bits per heavy atom. The quantitative estimate of drug-likeness (QED) is 0.549. The molecule has 0 atom stereocenters. The van der Waals surface area contributed by atoms with Crippen LogP contribution in [0.4, 0.5) is 0 Å². The summed E-state index contributed by atoms with van der Waals surface area (Å²) in [6.45, 7) is 9.01. The number of nitrogens with zero attached hydrogens (tertiary/aromatic N) is 4. The van der Waals surface area contributed by atoms with Crippen LogP contribution in [-0.4, -0.2) is 64.2 Å². The van der Waals surface area contributed by atoms with Gasteiger partial charge in [-0.15, -0.1) is 0 Å². The Bertz CT molecular complexity index is 1010. The van der Waals surface area contributed by atoms with E-state index in [1.54, 1.807) is 0 Å². The molecular weight excluding hydrogens is 406 g/mol. The van der Waals surface area contributed by atoms with Gasteiger partial charge in [0.15, 0.2) is 5.16 Å². The molecule has 0 saturated carbocycles. The maximum absolute atomic E-state index is 12.4. The average molecular weight is 438 g/mol. The zero-order chi connectivity index (χ0) is 21.6. The molecule has 6 nitrogen and oxygen atoms in total. The van der Waals surface area contributed by atoms with Gasteiger partial charge in [-0.25, -0.2) is 4.98 Å². The number of hydrogen-bond acceptors (Lipinski definition) is 5. The summed E-state index contributed by atoms with van der Waals surface area (Å²) in [5.41, 5.74) is 4.54. The number of carbonyl (C=O) groups is 1. The molecule has 3 aromatic rings. The van der Waals surface area contributed by atoms with Crippen LogP contribution in [0.2, 0.25) is 0 Å². The molecule has 31 heavy (non-hydrogen) atoms. The highest BCUT2D eigenvalue weighted by Gasteiger charge is 2.14. The molecule has 0 aliphatic carbocycles. The fourth-order valence-corrected chi connectivity index (χ4v) is 4.79. The molecule has 0 bridgehead atoms. The number of thioether (sulfide) groups is 1. The first kappa shape index (κ1) is 21.9. The van der Waals surface area contributed by atoms with Gasteiger partial charge >= 0.3 is 0 Å². The van der Waals surface area contributed by atoms with E-state index in [-0.39, 0.29) is 5.91 Å². The Kier molecular flexibility index (Phi) is 7.27. The molecule has 2 heterocycles. The minimum atomic E-state index is 0.0289. The lowest BCUT2D eigenvalue weighted by atomic mass is 10.1. The second-order valence-corrected chi connectivity index (χ2v) is 9.03. The van der Waals surface area contributed by atoms with Crippen molar-refractivity contribution in [2.24, 2.45) is 0 Å². The lowest BCUT2D eigenvalue weighted by Gasteiger charge is -2.32. The van der Waals surface area contributed by atoms with Crippen LogP contribution in [0.25, 0.3) is 11.0 Å². The summed E-state index contributed by atoms with van der Waals surface area (Å²) >= 11 is 1.49. The Balaban J connectivity index is 1.24. The first-order valence-corrected chi connectivity index (χ1v) is 11.9. The Morgan fingerprint density at radius 2 is 1.74 bits per heavy atom. The number of piperazine rings is 1. The van der Waals surface area contributed by atoms with Gasteiger partial charge in [-0.3, -0.25) is 9.69 Å². The highest BCUT2D eigenvalue weighted by molar-refractivity contribution is 7.99. The number of amides is 1. The third-order valence-corrected chi connectivity index (χ3v) is 6.76. The molecule has 0 spiro atoms. The van der Waals surface area contributed by atoms with Crippen LogP contribution >= 0.6 is 11.8 Å². The predicted molar refractivity (Wildman–Crippen MR) is 127 cm³/mol. The van der Waals surface area contributed by atoms with E-state index < -0.39 is 0 Å². The highest BCUT2D eigenvalue weighted by atomic mass is 32.2. The molecule has 1 amide bonds. The number of aromatic nitrogens is 2. The second kappa shape index (κ2) is 10.3. The fraction of sp³-hybridized carbons (Fsp3) is 0.417. The van der Waals surface area contributed by atoms with Crippen LogP contribution < -0.4 is 5.32 Å². The average Bonchev–Trinajstić information content (AvgIpc) is 3.16. The summed E-state index contributed by atoms with van der Waals surface area (Å²) in [4.78, 5) is 21.9. The molecule has 1 aliphatic heterocycles. The molecular formula is C24H31N5OS. The van der Waals surface area contributed by atoms with Crippen LogP contribution in [0.1, 0.15) is 18.1 Å². The van der Waals surface area contributed by atoms with Crippen molar-refractivity contribution in [3.63, 3.8) is 0 Å². The Morgan fingerprint density at radius 3 is 2.48 bits per heavy atom. The van der Waals surface area contributed by atoms with Crippen molar-refractivity contribution >= 4 is 28.7 Å². The second-order valence-electron chi connectivity index (χ2n) is 8.09. The highest BCUT2D eigenvalue weighted by Crippen LogP contribution is 2.23. The standard InChI is InChI=1S/C24H31N5OS/c1-3-29-22-7-5-4-6-21(22)26-24(29)31-18-23(30)25-16-19-8-10-20(11-9-19)17-28-14-12-27(2)13-15-28/h4-11H,3,12-18H2,1-2H3,(H,25,30). The van der Waals surface area contributed by atoms with Crippen LogP contribution in [0.3, 0.4) is 0 Å². The molecule has 2 aromatic carbocycles. The molecule has 1 aliphatic rings. The lowest BCUT2D eigenvalue weighted by Crippen LogP contribution is -2.43. The Labute approximate surface area is 188 Å². The molecule has 1 fully saturated rings. The first-order chi connectivity index (χ1) is 15.1.